The Bertz CT molecular complexity index is 216. The van der Waals surface area contributed by atoms with Gasteiger partial charge in [0, 0.05) is 0 Å². The minimum Gasteiger partial charge on any atom is -0.542 e. The Morgan fingerprint density at radius 3 is 0.688 bits per heavy atom. The Labute approximate surface area is 101 Å². The van der Waals surface area contributed by atoms with Crippen LogP contribution in [0, 0.1) is 0 Å². The van der Waals surface area contributed by atoms with Crippen LogP contribution in [0.25, 0.3) is 0 Å². The van der Waals surface area contributed by atoms with Crippen molar-refractivity contribution in [3.05, 3.63) is 0 Å². The Morgan fingerprint density at radius 1 is 0.625 bits per heavy atom. The monoisotopic (exact) mass is 321 g/mol. The second-order valence-electron chi connectivity index (χ2n) is 1.31. The molecule has 0 aromatic rings. The maximum absolute atomic E-state index is 8.89. The first kappa shape index (κ1) is 23.7. The van der Waals surface area contributed by atoms with Crippen molar-refractivity contribution < 1.29 is 63.6 Å². The molecule has 1 radical (unpaired) electrons. The van der Waals surface area contributed by atoms with E-state index < -0.39 is 17.9 Å². The zero-order chi connectivity index (χ0) is 12.9. The summed E-state index contributed by atoms with van der Waals surface area (Å²) in [6.07, 6.45) is -0.833. The summed E-state index contributed by atoms with van der Waals surface area (Å²) in [5.74, 6) is -5.03. The van der Waals surface area contributed by atoms with Crippen LogP contribution in [-0.2, 0) is 48.2 Å². The van der Waals surface area contributed by atoms with Gasteiger partial charge in [-0.1, -0.05) is 0 Å². The quantitative estimate of drug-likeness (QED) is 0.278. The summed E-state index contributed by atoms with van der Waals surface area (Å²) in [7, 11) is 0. The number of carboxylic acids is 3. The van der Waals surface area contributed by atoms with Crippen molar-refractivity contribution >= 4 is 36.8 Å². The van der Waals surface area contributed by atoms with E-state index in [2.05, 4.69) is 0 Å². The van der Waals surface area contributed by atoms with Gasteiger partial charge in [0.25, 0.3) is 0 Å². The van der Waals surface area contributed by atoms with E-state index in [1.165, 1.54) is 0 Å². The van der Waals surface area contributed by atoms with Crippen molar-refractivity contribution in [3.8, 4) is 0 Å². The molecule has 0 aliphatic rings. The molecule has 0 N–H and O–H groups in total. The Kier molecular flexibility index (Phi) is 27.8. The maximum Gasteiger partial charge on any atom is 3.00 e. The van der Waals surface area contributed by atoms with E-state index in [4.69, 9.17) is 44.1 Å². The number of hydrogen-bond acceptors (Lipinski definition) is 9. The predicted octanol–water partition coefficient (Wildman–Crippen LogP) is -6.20. The number of carbonyl (C=O) groups excluding carboxylic acids is 6. The minimum atomic E-state index is -1.68. The SMILES string of the molecule is O=CC(=O)[O-].O=CC(=O)[O-].O=CC(=O)[O-].[Ru+3]. The fourth-order valence-electron chi connectivity index (χ4n) is 0. The van der Waals surface area contributed by atoms with E-state index in [0.717, 1.165) is 0 Å². The molecule has 0 aromatic heterocycles. The van der Waals surface area contributed by atoms with Gasteiger partial charge in [0.05, 0.1) is 0 Å². The molecule has 0 spiro atoms. The molecule has 0 unspecified atom stereocenters. The van der Waals surface area contributed by atoms with Crippen LogP contribution in [0.3, 0.4) is 0 Å². The number of aldehydes is 3. The molecule has 89 valence electrons. The van der Waals surface area contributed by atoms with Crippen molar-refractivity contribution in [1.82, 2.24) is 0 Å². The number of carbonyl (C=O) groups is 6. The number of rotatable bonds is 3. The summed E-state index contributed by atoms with van der Waals surface area (Å²) >= 11 is 0. The smallest absolute Gasteiger partial charge is 0.542 e. The van der Waals surface area contributed by atoms with Crippen LogP contribution in [0.2, 0.25) is 0 Å². The Balaban J connectivity index is -0.0000000655. The van der Waals surface area contributed by atoms with Crippen LogP contribution in [0.4, 0.5) is 0 Å². The van der Waals surface area contributed by atoms with Gasteiger partial charge in [-0.25, -0.2) is 0 Å². The van der Waals surface area contributed by atoms with Crippen molar-refractivity contribution in [2.24, 2.45) is 0 Å². The summed E-state index contributed by atoms with van der Waals surface area (Å²) in [5.41, 5.74) is 0. The molecule has 0 fully saturated rings. The first-order chi connectivity index (χ1) is 6.81. The van der Waals surface area contributed by atoms with E-state index >= 15 is 0 Å². The minimum absolute atomic E-state index is 0. The molecule has 9 nitrogen and oxygen atoms in total. The van der Waals surface area contributed by atoms with E-state index in [1.54, 1.807) is 0 Å². The molecule has 0 rings (SSSR count). The molecule has 0 bridgehead atoms. The molecule has 0 heterocycles. The van der Waals surface area contributed by atoms with E-state index in [9.17, 15) is 0 Å². The summed E-state index contributed by atoms with van der Waals surface area (Å²) in [6.45, 7) is 0. The van der Waals surface area contributed by atoms with Crippen molar-refractivity contribution in [2.45, 2.75) is 0 Å². The van der Waals surface area contributed by atoms with E-state index in [0.29, 0.717) is 0 Å². The molecule has 0 aliphatic carbocycles. The predicted molar refractivity (Wildman–Crippen MR) is 33.2 cm³/mol. The molecule has 0 aromatic carbocycles. The van der Waals surface area contributed by atoms with E-state index in [-0.39, 0.29) is 38.3 Å². The first-order valence-corrected chi connectivity index (χ1v) is 2.80. The average molecular weight is 320 g/mol. The first-order valence-electron chi connectivity index (χ1n) is 2.80. The van der Waals surface area contributed by atoms with Crippen LogP contribution in [0.15, 0.2) is 0 Å². The van der Waals surface area contributed by atoms with Gasteiger partial charge in [0.1, 0.15) is 17.9 Å². The number of aliphatic carboxylic acids is 3. The summed E-state index contributed by atoms with van der Waals surface area (Å²) < 4.78 is 0. The zero-order valence-electron chi connectivity index (χ0n) is 7.26. The third-order valence-corrected chi connectivity index (χ3v) is 0.289. The van der Waals surface area contributed by atoms with Crippen LogP contribution < -0.4 is 15.3 Å². The molecule has 0 saturated heterocycles. The van der Waals surface area contributed by atoms with Gasteiger partial charge in [-0.3, -0.25) is 14.4 Å². The van der Waals surface area contributed by atoms with Gasteiger partial charge in [-0.15, -0.1) is 0 Å². The largest absolute Gasteiger partial charge is 3.00 e. The Hall–Kier alpha value is -1.96. The second kappa shape index (κ2) is 18.8. The standard InChI is InChI=1S/3C2H2O3.Ru/c3*3-1-2(4)5;/h3*1H,(H,4,5);/q;;;+3/p-3. The van der Waals surface area contributed by atoms with Crippen LogP contribution >= 0.6 is 0 Å². The van der Waals surface area contributed by atoms with Gasteiger partial charge in [0.15, 0.2) is 18.9 Å². The summed E-state index contributed by atoms with van der Waals surface area (Å²) in [6, 6.07) is 0. The van der Waals surface area contributed by atoms with Gasteiger partial charge in [-0.05, 0) is 0 Å². The van der Waals surface area contributed by atoms with Gasteiger partial charge < -0.3 is 29.7 Å². The van der Waals surface area contributed by atoms with Crippen LogP contribution in [0.5, 0.6) is 0 Å². The third kappa shape index (κ3) is 89.8. The molecular formula is C6H3O9Ru. The fourth-order valence-corrected chi connectivity index (χ4v) is 0. The van der Waals surface area contributed by atoms with Gasteiger partial charge in [0.2, 0.25) is 0 Å². The number of carboxylic acid groups (broad SMARTS) is 3. The second-order valence-corrected chi connectivity index (χ2v) is 1.31. The van der Waals surface area contributed by atoms with E-state index in [1.807, 2.05) is 0 Å². The zero-order valence-corrected chi connectivity index (χ0v) is 9.00. The topological polar surface area (TPSA) is 172 Å². The van der Waals surface area contributed by atoms with Crippen LogP contribution in [0.1, 0.15) is 0 Å². The maximum atomic E-state index is 8.89. The fraction of sp³-hybridized carbons (Fsp3) is 0. The molecule has 10 heteroatoms. The van der Waals surface area contributed by atoms with Crippen molar-refractivity contribution in [1.29, 1.82) is 0 Å². The molecule has 0 atom stereocenters. The normalized spacial score (nSPS) is 6.00. The molecular weight excluding hydrogens is 317 g/mol. The molecule has 0 aliphatic heterocycles. The van der Waals surface area contributed by atoms with Gasteiger partial charge in [-0.2, -0.15) is 0 Å². The molecule has 0 amide bonds. The summed E-state index contributed by atoms with van der Waals surface area (Å²) in [5, 5.41) is 26.7. The van der Waals surface area contributed by atoms with Gasteiger partial charge >= 0.3 is 19.5 Å². The third-order valence-electron chi connectivity index (χ3n) is 0.289. The van der Waals surface area contributed by atoms with Crippen molar-refractivity contribution in [2.75, 3.05) is 0 Å². The van der Waals surface area contributed by atoms with Crippen molar-refractivity contribution in [3.63, 3.8) is 0 Å². The number of hydrogen-bond donors (Lipinski definition) is 0. The Morgan fingerprint density at radius 2 is 0.688 bits per heavy atom. The summed E-state index contributed by atoms with van der Waals surface area (Å²) in [4.78, 5) is 53.2. The molecule has 16 heavy (non-hydrogen) atoms. The van der Waals surface area contributed by atoms with Crippen LogP contribution in [-0.4, -0.2) is 36.8 Å². The average Bonchev–Trinajstić information content (AvgIpc) is 2.19. The molecule has 0 saturated carbocycles.